The van der Waals surface area contributed by atoms with Crippen molar-refractivity contribution in [1.29, 1.82) is 0 Å². The zero-order valence-electron chi connectivity index (χ0n) is 56.5. The number of carboxylic acids is 1. The third-order valence-electron chi connectivity index (χ3n) is 17.6. The highest BCUT2D eigenvalue weighted by molar-refractivity contribution is 6.00. The van der Waals surface area contributed by atoms with Gasteiger partial charge in [-0.2, -0.15) is 0 Å². The number of likely N-dealkylation sites (tertiary alicyclic amines) is 2. The van der Waals surface area contributed by atoms with Crippen LogP contribution in [0.5, 0.6) is 0 Å². The van der Waals surface area contributed by atoms with Gasteiger partial charge in [0.05, 0.1) is 12.8 Å². The number of nitrogens with one attached hydrogen (secondary N) is 3. The van der Waals surface area contributed by atoms with Crippen LogP contribution in [-0.2, 0) is 79.9 Å². The summed E-state index contributed by atoms with van der Waals surface area (Å²) >= 11 is 0. The number of benzene rings is 2. The van der Waals surface area contributed by atoms with Crippen molar-refractivity contribution in [3.8, 4) is 0 Å². The first kappa shape index (κ1) is 77.0. The van der Waals surface area contributed by atoms with E-state index in [4.69, 9.17) is 16.2 Å². The molecule has 514 valence electrons. The third-order valence-corrected chi connectivity index (χ3v) is 17.6. The molecule has 12 amide bonds. The lowest BCUT2D eigenvalue weighted by atomic mass is 9.92. The van der Waals surface area contributed by atoms with Gasteiger partial charge in [0.15, 0.2) is 0 Å². The summed E-state index contributed by atoms with van der Waals surface area (Å²) in [5, 5.41) is 17.9. The normalized spacial score (nSPS) is 17.6. The number of nitrogens with two attached hydrogens (primary N) is 2. The number of ether oxygens (including phenoxy) is 1. The van der Waals surface area contributed by atoms with E-state index in [1.807, 2.05) is 0 Å². The largest absolute Gasteiger partial charge is 0.480 e. The Balaban J connectivity index is 1.64. The number of rotatable bonds is 34. The highest BCUT2D eigenvalue weighted by atomic mass is 16.5. The highest BCUT2D eigenvalue weighted by Crippen LogP contribution is 2.28. The Morgan fingerprint density at radius 3 is 1.47 bits per heavy atom. The van der Waals surface area contributed by atoms with E-state index in [0.717, 1.165) is 14.7 Å². The van der Waals surface area contributed by atoms with Crippen molar-refractivity contribution in [3.05, 3.63) is 71.8 Å². The van der Waals surface area contributed by atoms with Gasteiger partial charge in [-0.25, -0.2) is 4.79 Å². The number of hydrogen-bond acceptors (Lipinski definition) is 14. The van der Waals surface area contributed by atoms with Crippen LogP contribution in [0.25, 0.3) is 0 Å². The summed E-state index contributed by atoms with van der Waals surface area (Å²) in [6.45, 7) is 13.8. The number of carbonyl (C=O) groups is 13. The van der Waals surface area contributed by atoms with Crippen LogP contribution in [0, 0.1) is 23.7 Å². The summed E-state index contributed by atoms with van der Waals surface area (Å²) < 4.78 is 5.00. The number of methoxy groups -OCH3 is 1. The predicted molar refractivity (Wildman–Crippen MR) is 344 cm³/mol. The molecule has 2 saturated heterocycles. The maximum atomic E-state index is 15.2. The van der Waals surface area contributed by atoms with Crippen molar-refractivity contribution in [2.24, 2.45) is 35.1 Å². The first-order chi connectivity index (χ1) is 43.7. The second-order valence-corrected chi connectivity index (χ2v) is 25.7. The monoisotopic (exact) mass is 1300 g/mol. The Hall–Kier alpha value is -8.49. The van der Waals surface area contributed by atoms with Crippen molar-refractivity contribution in [1.82, 2.24) is 50.2 Å². The fourth-order valence-electron chi connectivity index (χ4n) is 12.5. The van der Waals surface area contributed by atoms with E-state index in [9.17, 15) is 53.1 Å². The number of primary amides is 2. The van der Waals surface area contributed by atoms with E-state index in [1.54, 1.807) is 116 Å². The molecule has 27 heteroatoms. The molecule has 2 aromatic rings. The zero-order chi connectivity index (χ0) is 69.9. The molecule has 2 fully saturated rings. The van der Waals surface area contributed by atoms with Gasteiger partial charge in [0.2, 0.25) is 70.9 Å². The lowest BCUT2D eigenvalue weighted by Crippen LogP contribution is -2.63. The minimum atomic E-state index is -1.70. The number of nitrogens with zero attached hydrogens (tertiary/aromatic N) is 7. The summed E-state index contributed by atoms with van der Waals surface area (Å²) in [5.41, 5.74) is 12.8. The summed E-state index contributed by atoms with van der Waals surface area (Å²) in [6, 6.07) is 4.45. The Morgan fingerprint density at radius 2 is 1.00 bits per heavy atom. The zero-order valence-corrected chi connectivity index (χ0v) is 56.5. The molecule has 27 nitrogen and oxygen atoms in total. The van der Waals surface area contributed by atoms with Crippen LogP contribution in [0.1, 0.15) is 118 Å². The fraction of sp³-hybridized carbons (Fsp3) is 0.621. The van der Waals surface area contributed by atoms with Gasteiger partial charge in [-0.1, -0.05) is 122 Å². The summed E-state index contributed by atoms with van der Waals surface area (Å²) in [6.07, 6.45) is 0.260. The maximum Gasteiger partial charge on any atom is 0.326 e. The lowest BCUT2D eigenvalue weighted by molar-refractivity contribution is -0.158. The van der Waals surface area contributed by atoms with Gasteiger partial charge in [0, 0.05) is 68.3 Å². The van der Waals surface area contributed by atoms with Crippen molar-refractivity contribution >= 4 is 76.9 Å². The van der Waals surface area contributed by atoms with Crippen LogP contribution < -0.4 is 27.4 Å². The summed E-state index contributed by atoms with van der Waals surface area (Å²) in [7, 11) is 8.08. The topological polar surface area (TPSA) is 362 Å². The minimum Gasteiger partial charge on any atom is -0.480 e. The standard InChI is InChI=1S/C66H100N12O15/c1-15-41(8)56(76(13)61(86)50(36-52(68)80)73(10)64(89)54(39(4)5)74(11)59(84)45(69-53(81)37-93-14)33-42-24-18-16-19-25-42)65(90)75(12)55(40(6)7)63(88)72(9)49(32-38(2)3)58(83)70-44(35-51(67)79)57(82)71-46(34-43-26-20-17-21-27-43)60(85)77-30-22-28-47(77)62(87)78-31-23-29-48(78)66(91)92/h16-21,24-27,38-41,44-50,54-56H,15,22-23,28-37H2,1-14H3,(H2,67,79)(H2,68,80)(H,69,81)(H,70,83)(H,71,82)(H,91,92)/t41-,44+,45-,46-,47+,48-,49+,50+,54+,55+,56+/m1/s1. The molecule has 0 saturated carbocycles. The lowest BCUT2D eigenvalue weighted by Gasteiger charge is -2.42. The Kier molecular flexibility index (Phi) is 29.4. The van der Waals surface area contributed by atoms with Gasteiger partial charge in [0.25, 0.3) is 0 Å². The van der Waals surface area contributed by atoms with Crippen LogP contribution in [0.2, 0.25) is 0 Å². The van der Waals surface area contributed by atoms with Crippen molar-refractivity contribution in [2.45, 2.75) is 180 Å². The molecule has 0 radical (unpaired) electrons. The summed E-state index contributed by atoms with van der Waals surface area (Å²) in [4.78, 5) is 191. The molecule has 0 spiro atoms. The van der Waals surface area contributed by atoms with Crippen LogP contribution in [0.4, 0.5) is 0 Å². The minimum absolute atomic E-state index is 0.00175. The van der Waals surface area contributed by atoms with Gasteiger partial charge in [-0.15, -0.1) is 0 Å². The number of hydrogen-bond donors (Lipinski definition) is 6. The van der Waals surface area contributed by atoms with E-state index >= 15 is 14.4 Å². The predicted octanol–water partition coefficient (Wildman–Crippen LogP) is 0.929. The molecule has 8 N–H and O–H groups in total. The van der Waals surface area contributed by atoms with Crippen molar-refractivity contribution in [2.75, 3.05) is 62.0 Å². The Labute approximate surface area is 546 Å². The molecular formula is C66H100N12O15. The SMILES string of the molecule is CC[C@@H](C)[C@@H](C(=O)N(C)[C@H](C(=O)N(C)[C@@H](CC(C)C)C(=O)N[C@@H](CC(N)=O)C(=O)N[C@H](Cc1ccccc1)C(=O)N1CCC[C@H]1C(=O)N1CCC[C@@H]1C(=O)O)C(C)C)N(C)C(=O)[C@H](CC(N)=O)N(C)C(=O)[C@H](C(C)C)N(C)C(=O)[C@@H](Cc1ccccc1)NC(=O)COC. The molecule has 0 aromatic heterocycles. The van der Waals surface area contributed by atoms with Crippen molar-refractivity contribution in [3.63, 3.8) is 0 Å². The van der Waals surface area contributed by atoms with E-state index in [0.29, 0.717) is 30.4 Å². The molecule has 4 rings (SSSR count). The van der Waals surface area contributed by atoms with E-state index in [-0.39, 0.29) is 57.7 Å². The number of carboxylic acid groups (broad SMARTS) is 1. The average Bonchev–Trinajstić information content (AvgIpc) is 1.72. The maximum absolute atomic E-state index is 15.2. The molecule has 0 bridgehead atoms. The quantitative estimate of drug-likeness (QED) is 0.0568. The fourth-order valence-corrected chi connectivity index (χ4v) is 12.5. The molecule has 2 aliphatic rings. The summed E-state index contributed by atoms with van der Waals surface area (Å²) in [5.74, 6) is -12.6. The van der Waals surface area contributed by atoms with Crippen LogP contribution in [-0.4, -0.2) is 239 Å². The molecule has 0 aliphatic carbocycles. The van der Waals surface area contributed by atoms with Crippen LogP contribution in [0.15, 0.2) is 60.7 Å². The molecule has 2 heterocycles. The number of likely N-dealkylation sites (N-methyl/N-ethyl adjacent to an activating group) is 5. The second kappa shape index (κ2) is 35.5. The number of carbonyl (C=O) groups excluding carboxylic acids is 12. The number of amides is 12. The first-order valence-electron chi connectivity index (χ1n) is 31.9. The molecular weight excluding hydrogens is 1200 g/mol. The van der Waals surface area contributed by atoms with Crippen molar-refractivity contribution < 1.29 is 72.2 Å². The molecule has 0 unspecified atom stereocenters. The Morgan fingerprint density at radius 1 is 0.548 bits per heavy atom. The average molecular weight is 1300 g/mol. The van der Waals surface area contributed by atoms with E-state index in [2.05, 4.69) is 16.0 Å². The van der Waals surface area contributed by atoms with E-state index < -0.39 is 168 Å². The van der Waals surface area contributed by atoms with Gasteiger partial charge in [-0.3, -0.25) is 57.5 Å². The molecule has 2 aromatic carbocycles. The smallest absolute Gasteiger partial charge is 0.326 e. The first-order valence-corrected chi connectivity index (χ1v) is 31.9. The third kappa shape index (κ3) is 20.5. The van der Waals surface area contributed by atoms with Gasteiger partial charge in [-0.05, 0) is 66.9 Å². The Bertz CT molecular complexity index is 2970. The van der Waals surface area contributed by atoms with Crippen LogP contribution >= 0.6 is 0 Å². The van der Waals surface area contributed by atoms with Crippen LogP contribution in [0.3, 0.4) is 0 Å². The molecule has 2 aliphatic heterocycles. The van der Waals surface area contributed by atoms with Gasteiger partial charge >= 0.3 is 5.97 Å². The molecule has 11 atom stereocenters. The van der Waals surface area contributed by atoms with Gasteiger partial charge in [0.1, 0.15) is 67.0 Å². The highest BCUT2D eigenvalue weighted by Gasteiger charge is 2.47. The van der Waals surface area contributed by atoms with Gasteiger partial charge < -0.3 is 71.6 Å². The van der Waals surface area contributed by atoms with E-state index in [1.165, 1.54) is 61.9 Å². The second-order valence-electron chi connectivity index (χ2n) is 25.7. The molecule has 93 heavy (non-hydrogen) atoms. The number of aliphatic carboxylic acids is 1.